The van der Waals surface area contributed by atoms with E-state index in [1.165, 1.54) is 4.90 Å². The largest absolute Gasteiger partial charge is 0.444 e. The zero-order valence-electron chi connectivity index (χ0n) is 15.8. The number of nitrogens with zero attached hydrogens (tertiary/aromatic N) is 3. The topological polar surface area (TPSA) is 45.7 Å². The fraction of sp³-hybridized carbons (Fsp3) is 0.647. The predicted octanol–water partition coefficient (Wildman–Crippen LogP) is 4.68. The minimum absolute atomic E-state index is 0.221. The normalized spacial score (nSPS) is 19.7. The summed E-state index contributed by atoms with van der Waals surface area (Å²) in [6.45, 7) is 6.92. The molecule has 29 heavy (non-hydrogen) atoms. The van der Waals surface area contributed by atoms with Gasteiger partial charge >= 0.3 is 18.4 Å². The van der Waals surface area contributed by atoms with Crippen LogP contribution >= 0.6 is 11.9 Å². The maximum absolute atomic E-state index is 13.2. The van der Waals surface area contributed by atoms with Crippen LogP contribution in [0.5, 0.6) is 0 Å². The number of hydrogen-bond acceptors (Lipinski definition) is 5. The summed E-state index contributed by atoms with van der Waals surface area (Å²) in [5.41, 5.74) is -3.98. The Labute approximate surface area is 167 Å². The minimum atomic E-state index is -5.00. The number of amides is 1. The highest BCUT2D eigenvalue weighted by molar-refractivity contribution is 7.97. The van der Waals surface area contributed by atoms with Crippen LogP contribution in [-0.2, 0) is 17.1 Å². The zero-order valence-corrected chi connectivity index (χ0v) is 16.6. The lowest BCUT2D eigenvalue weighted by molar-refractivity contribution is -0.151. The summed E-state index contributed by atoms with van der Waals surface area (Å²) < 4.78 is 84.5. The van der Waals surface area contributed by atoms with E-state index in [0.717, 1.165) is 18.0 Å². The molecule has 0 radical (unpaired) electrons. The molecule has 2 saturated heterocycles. The Kier molecular flexibility index (Phi) is 5.26. The van der Waals surface area contributed by atoms with Gasteiger partial charge in [0.15, 0.2) is 5.69 Å². The standard InChI is InChI=1S/C17H19F6N3O2S/c1-14(2,3)28-13(27)25-6-15(7-25)8-26(9-15)29-10-4-5-11(16(18,19)20)24-12(10)17(21,22)23/h4-5H,6-9H2,1-3H3. The van der Waals surface area contributed by atoms with Crippen LogP contribution in [-0.4, -0.2) is 52.1 Å². The van der Waals surface area contributed by atoms with E-state index in [9.17, 15) is 31.1 Å². The van der Waals surface area contributed by atoms with Gasteiger partial charge in [-0.3, -0.25) is 0 Å². The first-order valence-corrected chi connectivity index (χ1v) is 9.42. The van der Waals surface area contributed by atoms with Crippen LogP contribution in [0.3, 0.4) is 0 Å². The smallest absolute Gasteiger partial charge is 0.434 e. The second-order valence-corrected chi connectivity index (χ2v) is 9.40. The molecule has 1 amide bonds. The Hall–Kier alpha value is -1.69. The van der Waals surface area contributed by atoms with E-state index < -0.39 is 35.4 Å². The van der Waals surface area contributed by atoms with Gasteiger partial charge in [-0.05, 0) is 44.9 Å². The van der Waals surface area contributed by atoms with Crippen LogP contribution < -0.4 is 0 Å². The number of carbonyl (C=O) groups is 1. The van der Waals surface area contributed by atoms with E-state index in [0.29, 0.717) is 32.2 Å². The van der Waals surface area contributed by atoms with Crippen LogP contribution in [0, 0.1) is 5.41 Å². The van der Waals surface area contributed by atoms with Gasteiger partial charge in [-0.2, -0.15) is 26.3 Å². The number of pyridine rings is 1. The quantitative estimate of drug-likeness (QED) is 0.491. The molecule has 0 atom stereocenters. The van der Waals surface area contributed by atoms with E-state index in [1.54, 1.807) is 25.1 Å². The van der Waals surface area contributed by atoms with Crippen molar-refractivity contribution in [2.75, 3.05) is 26.2 Å². The summed E-state index contributed by atoms with van der Waals surface area (Å²) >= 11 is 0.723. The van der Waals surface area contributed by atoms with Crippen molar-refractivity contribution in [2.45, 2.75) is 43.6 Å². The van der Waals surface area contributed by atoms with E-state index in [4.69, 9.17) is 4.74 Å². The first-order valence-electron chi connectivity index (χ1n) is 8.64. The van der Waals surface area contributed by atoms with E-state index in [2.05, 4.69) is 4.98 Å². The van der Waals surface area contributed by atoms with Crippen molar-refractivity contribution < 1.29 is 35.9 Å². The molecular weight excluding hydrogens is 424 g/mol. The second-order valence-electron chi connectivity index (χ2n) is 8.26. The molecule has 0 saturated carbocycles. The summed E-state index contributed by atoms with van der Waals surface area (Å²) in [5, 5.41) is 0. The van der Waals surface area contributed by atoms with Crippen LogP contribution in [0.2, 0.25) is 0 Å². The third-order valence-electron chi connectivity index (χ3n) is 4.37. The molecule has 162 valence electrons. The van der Waals surface area contributed by atoms with Crippen LogP contribution in [0.4, 0.5) is 31.1 Å². The Morgan fingerprint density at radius 1 is 1.03 bits per heavy atom. The molecule has 12 heteroatoms. The SMILES string of the molecule is CC(C)(C)OC(=O)N1CC2(CN(Sc3ccc(C(F)(F)F)nc3C(F)(F)F)C2)C1. The fourth-order valence-corrected chi connectivity index (χ4v) is 4.54. The summed E-state index contributed by atoms with van der Waals surface area (Å²) in [4.78, 5) is 15.9. The molecule has 0 aromatic carbocycles. The summed E-state index contributed by atoms with van der Waals surface area (Å²) in [7, 11) is 0. The van der Waals surface area contributed by atoms with Gasteiger partial charge in [0.2, 0.25) is 0 Å². The molecule has 2 aliphatic rings. The predicted molar refractivity (Wildman–Crippen MR) is 91.9 cm³/mol. The van der Waals surface area contributed by atoms with Crippen molar-refractivity contribution in [2.24, 2.45) is 5.41 Å². The number of alkyl halides is 6. The number of ether oxygens (including phenoxy) is 1. The van der Waals surface area contributed by atoms with E-state index in [1.807, 2.05) is 0 Å². The Bertz CT molecular complexity index is 792. The van der Waals surface area contributed by atoms with Gasteiger partial charge in [-0.1, -0.05) is 0 Å². The first kappa shape index (κ1) is 22.0. The highest BCUT2D eigenvalue weighted by Gasteiger charge is 2.54. The van der Waals surface area contributed by atoms with Gasteiger partial charge < -0.3 is 9.64 Å². The monoisotopic (exact) mass is 443 g/mol. The van der Waals surface area contributed by atoms with Crippen LogP contribution in [0.25, 0.3) is 0 Å². The lowest BCUT2D eigenvalue weighted by Crippen LogP contribution is -2.71. The molecule has 3 rings (SSSR count). The summed E-state index contributed by atoms with van der Waals surface area (Å²) in [5.74, 6) is 0. The average molecular weight is 443 g/mol. The van der Waals surface area contributed by atoms with Crippen LogP contribution in [0.15, 0.2) is 17.0 Å². The van der Waals surface area contributed by atoms with Gasteiger partial charge in [0.1, 0.15) is 11.3 Å². The number of carbonyl (C=O) groups excluding carboxylic acids is 1. The fourth-order valence-electron chi connectivity index (χ4n) is 3.21. The molecule has 1 spiro atoms. The molecule has 3 heterocycles. The highest BCUT2D eigenvalue weighted by Crippen LogP contribution is 2.47. The third-order valence-corrected chi connectivity index (χ3v) is 5.41. The maximum Gasteiger partial charge on any atom is 0.434 e. The van der Waals surface area contributed by atoms with Gasteiger partial charge in [0.25, 0.3) is 0 Å². The van der Waals surface area contributed by atoms with Gasteiger partial charge in [0.05, 0.1) is 4.90 Å². The van der Waals surface area contributed by atoms with Crippen molar-refractivity contribution in [3.63, 3.8) is 0 Å². The molecule has 5 nitrogen and oxygen atoms in total. The Balaban J connectivity index is 1.60. The van der Waals surface area contributed by atoms with Crippen molar-refractivity contribution >= 4 is 18.0 Å². The summed E-state index contributed by atoms with van der Waals surface area (Å²) in [6.07, 6.45) is -10.4. The van der Waals surface area contributed by atoms with Crippen molar-refractivity contribution in [3.05, 3.63) is 23.5 Å². The number of aromatic nitrogens is 1. The number of hydrogen-bond donors (Lipinski definition) is 0. The highest BCUT2D eigenvalue weighted by atomic mass is 32.2. The summed E-state index contributed by atoms with van der Waals surface area (Å²) in [6, 6.07) is 1.34. The molecule has 0 aliphatic carbocycles. The molecule has 0 bridgehead atoms. The van der Waals surface area contributed by atoms with E-state index in [-0.39, 0.29) is 10.3 Å². The van der Waals surface area contributed by atoms with E-state index >= 15 is 0 Å². The molecular formula is C17H19F6N3O2S. The number of likely N-dealkylation sites (tertiary alicyclic amines) is 1. The minimum Gasteiger partial charge on any atom is -0.444 e. The van der Waals surface area contributed by atoms with Crippen molar-refractivity contribution in [1.82, 2.24) is 14.2 Å². The molecule has 1 aromatic rings. The number of rotatable bonds is 2. The first-order chi connectivity index (χ1) is 13.1. The lowest BCUT2D eigenvalue weighted by Gasteiger charge is -2.59. The molecule has 0 N–H and O–H groups in total. The zero-order chi connectivity index (χ0) is 21.8. The molecule has 0 unspecified atom stereocenters. The Morgan fingerprint density at radius 3 is 2.10 bits per heavy atom. The Morgan fingerprint density at radius 2 is 1.62 bits per heavy atom. The van der Waals surface area contributed by atoms with Crippen molar-refractivity contribution in [1.29, 1.82) is 0 Å². The van der Waals surface area contributed by atoms with Gasteiger partial charge in [-0.15, -0.1) is 0 Å². The van der Waals surface area contributed by atoms with Gasteiger partial charge in [-0.25, -0.2) is 14.1 Å². The van der Waals surface area contributed by atoms with Crippen molar-refractivity contribution in [3.8, 4) is 0 Å². The third kappa shape index (κ3) is 4.90. The number of halogens is 6. The van der Waals surface area contributed by atoms with Gasteiger partial charge in [0, 0.05) is 31.6 Å². The van der Waals surface area contributed by atoms with Crippen LogP contribution in [0.1, 0.15) is 32.2 Å². The maximum atomic E-state index is 13.2. The average Bonchev–Trinajstić information content (AvgIpc) is 2.44. The lowest BCUT2D eigenvalue weighted by atomic mass is 9.75. The molecule has 2 aliphatic heterocycles. The molecule has 2 fully saturated rings. The second kappa shape index (κ2) is 6.93. The molecule has 1 aromatic heterocycles.